The summed E-state index contributed by atoms with van der Waals surface area (Å²) in [6, 6.07) is 25.2. The Labute approximate surface area is 161 Å². The average molecular weight is 378 g/mol. The Kier molecular flexibility index (Phi) is 6.27. The van der Waals surface area contributed by atoms with Crippen LogP contribution in [-0.2, 0) is 4.79 Å². The molecule has 0 bridgehead atoms. The lowest BCUT2D eigenvalue weighted by Gasteiger charge is -2.05. The number of amidine groups is 1. The zero-order chi connectivity index (χ0) is 18.9. The predicted molar refractivity (Wildman–Crippen MR) is 109 cm³/mol. The molecule has 0 atom stereocenters. The maximum Gasteiger partial charge on any atom is 0.297 e. The van der Waals surface area contributed by atoms with Gasteiger partial charge in [0.25, 0.3) is 11.7 Å². The quantitative estimate of drug-likeness (QED) is 0.273. The van der Waals surface area contributed by atoms with E-state index in [1.807, 2.05) is 48.5 Å². The first kappa shape index (κ1) is 18.3. The number of para-hydroxylation sites is 1. The van der Waals surface area contributed by atoms with E-state index in [-0.39, 0.29) is 5.84 Å². The minimum atomic E-state index is -0.514. The van der Waals surface area contributed by atoms with Crippen molar-refractivity contribution in [1.82, 2.24) is 0 Å². The molecular weight excluding hydrogens is 362 g/mol. The van der Waals surface area contributed by atoms with E-state index in [1.54, 1.807) is 36.4 Å². The third kappa shape index (κ3) is 5.76. The van der Waals surface area contributed by atoms with E-state index in [4.69, 9.17) is 11.6 Å². The van der Waals surface area contributed by atoms with Gasteiger partial charge in [-0.1, -0.05) is 54.1 Å². The van der Waals surface area contributed by atoms with E-state index in [9.17, 15) is 4.79 Å². The molecule has 1 amide bonds. The number of amides is 1. The van der Waals surface area contributed by atoms with Gasteiger partial charge in [-0.3, -0.25) is 10.2 Å². The number of anilines is 2. The minimum Gasteiger partial charge on any atom is -0.319 e. The first-order valence-corrected chi connectivity index (χ1v) is 8.51. The maximum absolute atomic E-state index is 12.6. The van der Waals surface area contributed by atoms with Crippen LogP contribution in [0, 0.1) is 0 Å². The van der Waals surface area contributed by atoms with Gasteiger partial charge in [-0.05, 0) is 42.5 Å². The summed E-state index contributed by atoms with van der Waals surface area (Å²) >= 11 is 5.95. The molecule has 0 aliphatic carbocycles. The average Bonchev–Trinajstić information content (AvgIpc) is 2.69. The van der Waals surface area contributed by atoms with Gasteiger partial charge in [0.1, 0.15) is 0 Å². The molecule has 0 spiro atoms. The third-order valence-electron chi connectivity index (χ3n) is 3.37. The zero-order valence-electron chi connectivity index (χ0n) is 14.2. The van der Waals surface area contributed by atoms with Gasteiger partial charge in [0.15, 0.2) is 0 Å². The van der Waals surface area contributed by atoms with Crippen LogP contribution in [0.2, 0.25) is 5.02 Å². The van der Waals surface area contributed by atoms with Gasteiger partial charge in [0, 0.05) is 10.7 Å². The highest BCUT2D eigenvalue weighted by molar-refractivity contribution is 6.42. The Bertz CT molecular complexity index is 958. The maximum atomic E-state index is 12.6. The fourth-order valence-electron chi connectivity index (χ4n) is 2.10. The minimum absolute atomic E-state index is 0.123. The van der Waals surface area contributed by atoms with Crippen LogP contribution >= 0.6 is 11.6 Å². The van der Waals surface area contributed by atoms with E-state index < -0.39 is 5.91 Å². The second kappa shape index (κ2) is 9.26. The standard InChI is InChI=1S/C20H16ClN5O/c21-15-8-7-13-18(14-15)22-20(27)19(25-23-16-9-3-1-4-10-16)26-24-17-11-5-2-6-12-17/h1-14,23H,(H,22,27). The lowest BCUT2D eigenvalue weighted by molar-refractivity contribution is -0.110. The van der Waals surface area contributed by atoms with E-state index in [0.717, 1.165) is 5.69 Å². The second-order valence-corrected chi connectivity index (χ2v) is 5.85. The van der Waals surface area contributed by atoms with Crippen molar-refractivity contribution in [3.05, 3.63) is 90.0 Å². The molecule has 0 radical (unpaired) electrons. The van der Waals surface area contributed by atoms with E-state index >= 15 is 0 Å². The van der Waals surface area contributed by atoms with Crippen LogP contribution in [0.4, 0.5) is 17.1 Å². The Balaban J connectivity index is 1.81. The molecular formula is C20H16ClN5O. The summed E-state index contributed by atoms with van der Waals surface area (Å²) in [6.45, 7) is 0. The highest BCUT2D eigenvalue weighted by Crippen LogP contribution is 2.16. The molecule has 134 valence electrons. The number of azo groups is 1. The lowest BCUT2D eigenvalue weighted by Crippen LogP contribution is -2.22. The van der Waals surface area contributed by atoms with Crippen molar-refractivity contribution in [2.75, 3.05) is 10.7 Å². The van der Waals surface area contributed by atoms with Gasteiger partial charge in [0.05, 0.1) is 11.4 Å². The number of carbonyl (C=O) groups excluding carboxylic acids is 1. The molecule has 0 fully saturated rings. The zero-order valence-corrected chi connectivity index (χ0v) is 15.0. The summed E-state index contributed by atoms with van der Waals surface area (Å²) < 4.78 is 0. The highest BCUT2D eigenvalue weighted by Gasteiger charge is 2.12. The predicted octanol–water partition coefficient (Wildman–Crippen LogP) is 5.49. The summed E-state index contributed by atoms with van der Waals surface area (Å²) in [5.41, 5.74) is 4.68. The number of hydrogen-bond acceptors (Lipinski definition) is 4. The molecule has 0 unspecified atom stereocenters. The molecule has 0 aliphatic heterocycles. The summed E-state index contributed by atoms with van der Waals surface area (Å²) in [5, 5.41) is 15.4. The Morgan fingerprint density at radius 1 is 0.815 bits per heavy atom. The monoisotopic (exact) mass is 377 g/mol. The van der Waals surface area contributed by atoms with Crippen LogP contribution in [0.15, 0.2) is 100 Å². The van der Waals surface area contributed by atoms with Crippen molar-refractivity contribution in [3.63, 3.8) is 0 Å². The van der Waals surface area contributed by atoms with Crippen molar-refractivity contribution in [3.8, 4) is 0 Å². The number of halogens is 1. The molecule has 6 nitrogen and oxygen atoms in total. The first-order valence-electron chi connectivity index (χ1n) is 8.13. The summed E-state index contributed by atoms with van der Waals surface area (Å²) in [6.07, 6.45) is 0. The number of benzene rings is 3. The van der Waals surface area contributed by atoms with Crippen LogP contribution < -0.4 is 10.7 Å². The van der Waals surface area contributed by atoms with Crippen LogP contribution in [0.1, 0.15) is 0 Å². The first-order chi connectivity index (χ1) is 13.2. The Morgan fingerprint density at radius 3 is 2.19 bits per heavy atom. The number of rotatable bonds is 4. The van der Waals surface area contributed by atoms with Gasteiger partial charge in [-0.15, -0.1) is 15.3 Å². The molecule has 0 aliphatic rings. The van der Waals surface area contributed by atoms with Gasteiger partial charge in [0.2, 0.25) is 0 Å². The number of carbonyl (C=O) groups is 1. The topological polar surface area (TPSA) is 78.2 Å². The molecule has 3 aromatic carbocycles. The molecule has 27 heavy (non-hydrogen) atoms. The van der Waals surface area contributed by atoms with Crippen LogP contribution in [0.5, 0.6) is 0 Å². The highest BCUT2D eigenvalue weighted by atomic mass is 35.5. The summed E-state index contributed by atoms with van der Waals surface area (Å²) in [4.78, 5) is 12.6. The second-order valence-electron chi connectivity index (χ2n) is 5.41. The third-order valence-corrected chi connectivity index (χ3v) is 3.60. The van der Waals surface area contributed by atoms with Crippen molar-refractivity contribution >= 4 is 40.4 Å². The Morgan fingerprint density at radius 2 is 1.48 bits per heavy atom. The molecule has 0 aromatic heterocycles. The fourth-order valence-corrected chi connectivity index (χ4v) is 2.29. The van der Waals surface area contributed by atoms with Crippen molar-refractivity contribution < 1.29 is 4.79 Å². The van der Waals surface area contributed by atoms with Crippen LogP contribution in [-0.4, -0.2) is 11.7 Å². The molecule has 2 N–H and O–H groups in total. The smallest absolute Gasteiger partial charge is 0.297 e. The van der Waals surface area contributed by atoms with Crippen molar-refractivity contribution in [2.45, 2.75) is 0 Å². The van der Waals surface area contributed by atoms with Crippen LogP contribution in [0.3, 0.4) is 0 Å². The SMILES string of the molecule is O=C(Nc1cccc(Cl)c1)C(N=Nc1ccccc1)=NNc1ccccc1. The van der Waals surface area contributed by atoms with Gasteiger partial charge in [-0.2, -0.15) is 0 Å². The molecule has 7 heteroatoms. The van der Waals surface area contributed by atoms with E-state index in [0.29, 0.717) is 16.4 Å². The molecule has 0 saturated heterocycles. The Hall–Kier alpha value is -3.51. The van der Waals surface area contributed by atoms with E-state index in [2.05, 4.69) is 26.1 Å². The van der Waals surface area contributed by atoms with Gasteiger partial charge >= 0.3 is 0 Å². The summed E-state index contributed by atoms with van der Waals surface area (Å²) in [5.74, 6) is -0.636. The van der Waals surface area contributed by atoms with Crippen molar-refractivity contribution in [2.24, 2.45) is 15.3 Å². The largest absolute Gasteiger partial charge is 0.319 e. The lowest BCUT2D eigenvalue weighted by atomic mass is 10.3. The molecule has 3 rings (SSSR count). The number of hydrazone groups is 1. The molecule has 3 aromatic rings. The van der Waals surface area contributed by atoms with E-state index in [1.165, 1.54) is 0 Å². The van der Waals surface area contributed by atoms with Gasteiger partial charge in [-0.25, -0.2) is 0 Å². The molecule has 0 heterocycles. The van der Waals surface area contributed by atoms with Gasteiger partial charge < -0.3 is 5.32 Å². The van der Waals surface area contributed by atoms with Crippen LogP contribution in [0.25, 0.3) is 0 Å². The number of hydrogen-bond donors (Lipinski definition) is 2. The number of nitrogens with zero attached hydrogens (tertiary/aromatic N) is 3. The summed E-state index contributed by atoms with van der Waals surface area (Å²) in [7, 11) is 0. The molecule has 0 saturated carbocycles. The normalized spacial score (nSPS) is 11.4. The van der Waals surface area contributed by atoms with Crippen molar-refractivity contribution in [1.29, 1.82) is 0 Å². The number of nitrogens with one attached hydrogen (secondary N) is 2. The fraction of sp³-hybridized carbons (Fsp3) is 0.